The average Bonchev–Trinajstić information content (AvgIpc) is 2.98. The lowest BCUT2D eigenvalue weighted by molar-refractivity contribution is -0.117. The molecule has 6 nitrogen and oxygen atoms in total. The summed E-state index contributed by atoms with van der Waals surface area (Å²) in [5, 5.41) is 11.6. The second kappa shape index (κ2) is 4.24. The molecule has 1 atom stereocenters. The minimum Gasteiger partial charge on any atom is -0.299 e. The molecule has 6 heteroatoms. The normalized spacial score (nSPS) is 19.7. The van der Waals surface area contributed by atoms with E-state index < -0.39 is 5.92 Å². The van der Waals surface area contributed by atoms with E-state index in [4.69, 9.17) is 0 Å². The first kappa shape index (κ1) is 11.5. The molecule has 19 heavy (non-hydrogen) atoms. The molecule has 0 unspecified atom stereocenters. The number of benzene rings is 1. The van der Waals surface area contributed by atoms with E-state index >= 15 is 0 Å². The number of rotatable bonds is 2. The molecule has 1 aliphatic rings. The number of carbonyl (C=O) groups is 2. The Kier molecular flexibility index (Phi) is 2.56. The lowest BCUT2D eigenvalue weighted by Gasteiger charge is -2.05. The first-order valence-corrected chi connectivity index (χ1v) is 5.76. The van der Waals surface area contributed by atoms with Crippen LogP contribution in [0.3, 0.4) is 0 Å². The van der Waals surface area contributed by atoms with Gasteiger partial charge in [-0.3, -0.25) is 9.59 Å². The van der Waals surface area contributed by atoms with Gasteiger partial charge in [-0.05, 0) is 6.92 Å². The van der Waals surface area contributed by atoms with Crippen LogP contribution < -0.4 is 0 Å². The van der Waals surface area contributed by atoms with Gasteiger partial charge in [0.25, 0.3) is 0 Å². The molecule has 1 heterocycles. The summed E-state index contributed by atoms with van der Waals surface area (Å²) in [6.07, 6.45) is 2.82. The Hall–Kier alpha value is -2.63. The van der Waals surface area contributed by atoms with E-state index in [1.165, 1.54) is 24.3 Å². The third kappa shape index (κ3) is 1.77. The number of Topliss-reactive ketones (excluding diaryl/α,β-unsaturated/α-hetero) is 2. The van der Waals surface area contributed by atoms with E-state index in [0.29, 0.717) is 16.8 Å². The Morgan fingerprint density at radius 2 is 1.84 bits per heavy atom. The summed E-state index contributed by atoms with van der Waals surface area (Å²) < 4.78 is 1.39. The van der Waals surface area contributed by atoms with Gasteiger partial charge in [-0.1, -0.05) is 24.3 Å². The maximum atomic E-state index is 12.2. The Bertz CT molecular complexity index is 688. The molecular formula is C13H10N4O2. The SMILES string of the molecule is CC(=O)[C@@H]1C(=O)c2ccccc2C1=Nn1cnnc1. The molecule has 1 aliphatic carbocycles. The lowest BCUT2D eigenvalue weighted by Crippen LogP contribution is -2.24. The van der Waals surface area contributed by atoms with Crippen LogP contribution in [0.25, 0.3) is 0 Å². The summed E-state index contributed by atoms with van der Waals surface area (Å²) in [5.41, 5.74) is 1.68. The molecule has 0 spiro atoms. The maximum absolute atomic E-state index is 12.2. The summed E-state index contributed by atoms with van der Waals surface area (Å²) in [6.45, 7) is 1.40. The predicted molar refractivity (Wildman–Crippen MR) is 66.9 cm³/mol. The van der Waals surface area contributed by atoms with Crippen LogP contribution in [0.4, 0.5) is 0 Å². The number of aromatic nitrogens is 3. The topological polar surface area (TPSA) is 77.2 Å². The van der Waals surface area contributed by atoms with Gasteiger partial charge in [0.05, 0.1) is 5.71 Å². The summed E-state index contributed by atoms with van der Waals surface area (Å²) in [7, 11) is 0. The molecule has 0 aliphatic heterocycles. The monoisotopic (exact) mass is 254 g/mol. The van der Waals surface area contributed by atoms with Crippen LogP contribution in [0.1, 0.15) is 22.8 Å². The Morgan fingerprint density at radius 3 is 2.47 bits per heavy atom. The van der Waals surface area contributed by atoms with Crippen molar-refractivity contribution in [3.63, 3.8) is 0 Å². The van der Waals surface area contributed by atoms with Gasteiger partial charge < -0.3 is 0 Å². The van der Waals surface area contributed by atoms with E-state index in [1.807, 2.05) is 6.07 Å². The van der Waals surface area contributed by atoms with Crippen molar-refractivity contribution in [1.82, 2.24) is 14.9 Å². The summed E-state index contributed by atoms with van der Waals surface area (Å²) in [4.78, 5) is 24.0. The zero-order chi connectivity index (χ0) is 13.4. The van der Waals surface area contributed by atoms with E-state index in [9.17, 15) is 9.59 Å². The van der Waals surface area contributed by atoms with Gasteiger partial charge in [0, 0.05) is 11.1 Å². The minimum absolute atomic E-state index is 0.199. The second-order valence-electron chi connectivity index (χ2n) is 4.28. The Labute approximate surface area is 108 Å². The van der Waals surface area contributed by atoms with Crippen LogP contribution in [-0.2, 0) is 4.79 Å². The zero-order valence-electron chi connectivity index (χ0n) is 10.1. The standard InChI is InChI=1S/C13H10N4O2/c1-8(18)11-12(16-17-6-14-15-7-17)9-4-2-3-5-10(9)13(11)19/h2-7,11H,1H3/t11-/m0/s1. The number of nitrogens with zero attached hydrogens (tertiary/aromatic N) is 4. The van der Waals surface area contributed by atoms with Crippen molar-refractivity contribution in [2.24, 2.45) is 11.0 Å². The fourth-order valence-electron chi connectivity index (χ4n) is 2.22. The van der Waals surface area contributed by atoms with Crippen LogP contribution in [0, 0.1) is 5.92 Å². The van der Waals surface area contributed by atoms with Crippen LogP contribution in [0.5, 0.6) is 0 Å². The first-order chi connectivity index (χ1) is 9.18. The average molecular weight is 254 g/mol. The lowest BCUT2D eigenvalue weighted by atomic mass is 9.99. The third-order valence-corrected chi connectivity index (χ3v) is 3.04. The molecule has 2 aromatic rings. The van der Waals surface area contributed by atoms with Crippen LogP contribution in [0.2, 0.25) is 0 Å². The fraction of sp³-hybridized carbons (Fsp3) is 0.154. The Balaban J connectivity index is 2.20. The zero-order valence-corrected chi connectivity index (χ0v) is 10.1. The molecular weight excluding hydrogens is 244 g/mol. The number of fused-ring (bicyclic) bond motifs is 1. The Morgan fingerprint density at radius 1 is 1.21 bits per heavy atom. The maximum Gasteiger partial charge on any atom is 0.180 e. The van der Waals surface area contributed by atoms with Crippen molar-refractivity contribution in [3.8, 4) is 0 Å². The van der Waals surface area contributed by atoms with Crippen LogP contribution in [0.15, 0.2) is 42.0 Å². The largest absolute Gasteiger partial charge is 0.299 e. The summed E-state index contributed by atoms with van der Waals surface area (Å²) in [6, 6.07) is 7.09. The quantitative estimate of drug-likeness (QED) is 0.747. The van der Waals surface area contributed by atoms with Crippen molar-refractivity contribution >= 4 is 17.3 Å². The number of ketones is 2. The highest BCUT2D eigenvalue weighted by Gasteiger charge is 2.39. The minimum atomic E-state index is -0.834. The van der Waals surface area contributed by atoms with E-state index in [1.54, 1.807) is 18.2 Å². The smallest absolute Gasteiger partial charge is 0.180 e. The number of carbonyl (C=O) groups excluding carboxylic acids is 2. The highest BCUT2D eigenvalue weighted by molar-refractivity contribution is 6.36. The van der Waals surface area contributed by atoms with Crippen molar-refractivity contribution in [2.75, 3.05) is 0 Å². The van der Waals surface area contributed by atoms with Crippen LogP contribution >= 0.6 is 0 Å². The van der Waals surface area contributed by atoms with Gasteiger partial charge >= 0.3 is 0 Å². The summed E-state index contributed by atoms with van der Waals surface area (Å²) in [5.74, 6) is -1.25. The number of hydrogen-bond donors (Lipinski definition) is 0. The molecule has 0 amide bonds. The van der Waals surface area contributed by atoms with Gasteiger partial charge in [-0.15, -0.1) is 10.2 Å². The predicted octanol–water partition coefficient (Wildman–Crippen LogP) is 0.932. The van der Waals surface area contributed by atoms with Crippen molar-refractivity contribution in [1.29, 1.82) is 0 Å². The van der Waals surface area contributed by atoms with Gasteiger partial charge in [0.1, 0.15) is 24.4 Å². The van der Waals surface area contributed by atoms with Crippen molar-refractivity contribution in [2.45, 2.75) is 6.92 Å². The van der Waals surface area contributed by atoms with Crippen molar-refractivity contribution in [3.05, 3.63) is 48.0 Å². The van der Waals surface area contributed by atoms with E-state index in [0.717, 1.165) is 0 Å². The molecule has 0 fully saturated rings. The molecule has 0 radical (unpaired) electrons. The van der Waals surface area contributed by atoms with Crippen LogP contribution in [-0.4, -0.2) is 32.2 Å². The first-order valence-electron chi connectivity index (χ1n) is 5.76. The third-order valence-electron chi connectivity index (χ3n) is 3.04. The van der Waals surface area contributed by atoms with Gasteiger partial charge in [-0.25, -0.2) is 4.68 Å². The highest BCUT2D eigenvalue weighted by Crippen LogP contribution is 2.28. The molecule has 94 valence electrons. The molecule has 0 bridgehead atoms. The highest BCUT2D eigenvalue weighted by atomic mass is 16.2. The van der Waals surface area contributed by atoms with E-state index in [2.05, 4.69) is 15.3 Å². The molecule has 1 aromatic carbocycles. The number of hydrogen-bond acceptors (Lipinski definition) is 5. The van der Waals surface area contributed by atoms with E-state index in [-0.39, 0.29) is 11.6 Å². The molecule has 0 saturated heterocycles. The van der Waals surface area contributed by atoms with Crippen molar-refractivity contribution < 1.29 is 9.59 Å². The van der Waals surface area contributed by atoms with Gasteiger partial charge in [0.15, 0.2) is 5.78 Å². The van der Waals surface area contributed by atoms with Gasteiger partial charge in [-0.2, -0.15) is 5.10 Å². The molecule has 0 N–H and O–H groups in total. The summed E-state index contributed by atoms with van der Waals surface area (Å²) >= 11 is 0. The molecule has 1 aromatic heterocycles. The molecule has 3 rings (SSSR count). The van der Waals surface area contributed by atoms with Gasteiger partial charge in [0.2, 0.25) is 0 Å². The molecule has 0 saturated carbocycles. The fourth-order valence-corrected chi connectivity index (χ4v) is 2.22. The second-order valence-corrected chi connectivity index (χ2v) is 4.28.